The number of nitrogens with one attached hydrogen (secondary N) is 2. The highest BCUT2D eigenvalue weighted by molar-refractivity contribution is 6.03. The first kappa shape index (κ1) is 16.4. The monoisotopic (exact) mass is 334 g/mol. The van der Waals surface area contributed by atoms with Gasteiger partial charge in [-0.3, -0.25) is 4.79 Å². The highest BCUT2D eigenvalue weighted by Gasteiger charge is 2.07. The molecule has 6 heteroatoms. The number of para-hydroxylation sites is 1. The highest BCUT2D eigenvalue weighted by Crippen LogP contribution is 2.18. The maximum atomic E-state index is 12.2. The van der Waals surface area contributed by atoms with E-state index in [1.807, 2.05) is 61.5 Å². The Hall–Kier alpha value is -3.41. The average molecular weight is 334 g/mol. The lowest BCUT2D eigenvalue weighted by molar-refractivity contribution is 0.102. The normalized spacial score (nSPS) is 10.1. The highest BCUT2D eigenvalue weighted by atomic mass is 16.5. The third kappa shape index (κ3) is 4.54. The van der Waals surface area contributed by atoms with Gasteiger partial charge in [-0.1, -0.05) is 18.2 Å². The van der Waals surface area contributed by atoms with Gasteiger partial charge in [-0.2, -0.15) is 0 Å². The first-order valence-electron chi connectivity index (χ1n) is 7.93. The minimum atomic E-state index is -0.251. The molecule has 0 saturated carbocycles. The standard InChI is InChI=1S/C19H18N4O2/c1-2-25-17-10-8-16(9-11-17)23-19-20-12-14(13-21-19)18(24)22-15-6-4-3-5-7-15/h3-13H,2H2,1H3,(H,22,24)(H,20,21,23). The van der Waals surface area contributed by atoms with E-state index in [1.54, 1.807) is 0 Å². The number of carbonyl (C=O) groups is 1. The number of anilines is 3. The van der Waals surface area contributed by atoms with E-state index in [4.69, 9.17) is 4.74 Å². The summed E-state index contributed by atoms with van der Waals surface area (Å²) in [4.78, 5) is 20.5. The van der Waals surface area contributed by atoms with E-state index in [9.17, 15) is 4.79 Å². The van der Waals surface area contributed by atoms with E-state index < -0.39 is 0 Å². The van der Waals surface area contributed by atoms with Gasteiger partial charge >= 0.3 is 0 Å². The third-order valence-corrected chi connectivity index (χ3v) is 3.37. The number of rotatable bonds is 6. The van der Waals surface area contributed by atoms with E-state index in [1.165, 1.54) is 12.4 Å². The van der Waals surface area contributed by atoms with Crippen LogP contribution in [0.15, 0.2) is 67.0 Å². The molecule has 1 amide bonds. The van der Waals surface area contributed by atoms with Gasteiger partial charge in [0.05, 0.1) is 12.2 Å². The van der Waals surface area contributed by atoms with E-state index in [0.717, 1.165) is 17.1 Å². The van der Waals surface area contributed by atoms with Crippen molar-refractivity contribution in [3.05, 3.63) is 72.6 Å². The second kappa shape index (κ2) is 7.92. The summed E-state index contributed by atoms with van der Waals surface area (Å²) < 4.78 is 5.40. The van der Waals surface area contributed by atoms with Crippen LogP contribution in [-0.2, 0) is 0 Å². The zero-order valence-electron chi connectivity index (χ0n) is 13.8. The maximum absolute atomic E-state index is 12.2. The van der Waals surface area contributed by atoms with E-state index in [-0.39, 0.29) is 5.91 Å². The molecule has 3 aromatic rings. The molecule has 0 unspecified atom stereocenters. The molecular weight excluding hydrogens is 316 g/mol. The molecule has 0 radical (unpaired) electrons. The fourth-order valence-electron chi connectivity index (χ4n) is 2.16. The SMILES string of the molecule is CCOc1ccc(Nc2ncc(C(=O)Nc3ccccc3)cn2)cc1. The lowest BCUT2D eigenvalue weighted by Crippen LogP contribution is -2.13. The molecule has 0 atom stereocenters. The lowest BCUT2D eigenvalue weighted by atomic mass is 10.3. The smallest absolute Gasteiger partial charge is 0.258 e. The Morgan fingerprint density at radius 3 is 2.28 bits per heavy atom. The Labute approximate surface area is 145 Å². The molecule has 3 rings (SSSR count). The number of hydrogen-bond acceptors (Lipinski definition) is 5. The number of benzene rings is 2. The van der Waals surface area contributed by atoms with Gasteiger partial charge in [0.25, 0.3) is 5.91 Å². The van der Waals surface area contributed by atoms with E-state index in [0.29, 0.717) is 18.1 Å². The van der Waals surface area contributed by atoms with Gasteiger partial charge < -0.3 is 15.4 Å². The molecule has 0 aliphatic carbocycles. The molecule has 2 aromatic carbocycles. The second-order valence-electron chi connectivity index (χ2n) is 5.20. The molecule has 126 valence electrons. The first-order valence-corrected chi connectivity index (χ1v) is 7.93. The molecule has 0 bridgehead atoms. The van der Waals surface area contributed by atoms with Gasteiger partial charge in [-0.15, -0.1) is 0 Å². The Bertz CT molecular complexity index is 818. The predicted octanol–water partition coefficient (Wildman–Crippen LogP) is 3.87. The molecule has 6 nitrogen and oxygen atoms in total. The van der Waals surface area contributed by atoms with Crippen LogP contribution >= 0.6 is 0 Å². The second-order valence-corrected chi connectivity index (χ2v) is 5.20. The van der Waals surface area contributed by atoms with Gasteiger partial charge in [-0.25, -0.2) is 9.97 Å². The third-order valence-electron chi connectivity index (χ3n) is 3.37. The molecule has 0 aliphatic heterocycles. The van der Waals surface area contributed by atoms with Crippen molar-refractivity contribution in [3.63, 3.8) is 0 Å². The maximum Gasteiger partial charge on any atom is 0.258 e. The quantitative estimate of drug-likeness (QED) is 0.715. The van der Waals surface area contributed by atoms with Gasteiger partial charge in [0, 0.05) is 23.8 Å². The van der Waals surface area contributed by atoms with Crippen molar-refractivity contribution in [1.29, 1.82) is 0 Å². The van der Waals surface area contributed by atoms with Gasteiger partial charge in [0.1, 0.15) is 5.75 Å². The zero-order valence-corrected chi connectivity index (χ0v) is 13.8. The van der Waals surface area contributed by atoms with Gasteiger partial charge in [0.15, 0.2) is 0 Å². The van der Waals surface area contributed by atoms with Crippen molar-refractivity contribution < 1.29 is 9.53 Å². The van der Waals surface area contributed by atoms with Gasteiger partial charge in [0.2, 0.25) is 5.95 Å². The van der Waals surface area contributed by atoms with E-state index >= 15 is 0 Å². The zero-order chi connectivity index (χ0) is 17.5. The van der Waals surface area contributed by atoms with Crippen molar-refractivity contribution in [2.24, 2.45) is 0 Å². The summed E-state index contributed by atoms with van der Waals surface area (Å²) in [5, 5.41) is 5.87. The number of carbonyl (C=O) groups excluding carboxylic acids is 1. The summed E-state index contributed by atoms with van der Waals surface area (Å²) in [6.45, 7) is 2.57. The topological polar surface area (TPSA) is 76.1 Å². The summed E-state index contributed by atoms with van der Waals surface area (Å²) >= 11 is 0. The minimum Gasteiger partial charge on any atom is -0.494 e. The molecular formula is C19H18N4O2. The Kier molecular flexibility index (Phi) is 5.21. The molecule has 0 saturated heterocycles. The van der Waals surface area contributed by atoms with Crippen molar-refractivity contribution >= 4 is 23.2 Å². The molecule has 1 heterocycles. The fourth-order valence-corrected chi connectivity index (χ4v) is 2.16. The number of nitrogens with zero attached hydrogens (tertiary/aromatic N) is 2. The summed E-state index contributed by atoms with van der Waals surface area (Å²) in [5.41, 5.74) is 1.95. The average Bonchev–Trinajstić information content (AvgIpc) is 2.65. The lowest BCUT2D eigenvalue weighted by Gasteiger charge is -2.08. The number of hydrogen-bond donors (Lipinski definition) is 2. The van der Waals surface area contributed by atoms with Crippen LogP contribution in [0.5, 0.6) is 5.75 Å². The van der Waals surface area contributed by atoms with Crippen LogP contribution in [0.3, 0.4) is 0 Å². The van der Waals surface area contributed by atoms with Crippen molar-refractivity contribution in [3.8, 4) is 5.75 Å². The van der Waals surface area contributed by atoms with Gasteiger partial charge in [-0.05, 0) is 43.3 Å². The molecule has 25 heavy (non-hydrogen) atoms. The van der Waals surface area contributed by atoms with Crippen LogP contribution in [0.2, 0.25) is 0 Å². The summed E-state index contributed by atoms with van der Waals surface area (Å²) in [5.74, 6) is 0.973. The van der Waals surface area contributed by atoms with Crippen LogP contribution in [0.1, 0.15) is 17.3 Å². The molecule has 1 aromatic heterocycles. The van der Waals surface area contributed by atoms with Crippen LogP contribution in [0.25, 0.3) is 0 Å². The van der Waals surface area contributed by atoms with Crippen molar-refractivity contribution in [2.75, 3.05) is 17.2 Å². The predicted molar refractivity (Wildman–Crippen MR) is 97.3 cm³/mol. The molecule has 2 N–H and O–H groups in total. The van der Waals surface area contributed by atoms with Crippen LogP contribution < -0.4 is 15.4 Å². The summed E-state index contributed by atoms with van der Waals surface area (Å²) in [6.07, 6.45) is 2.98. The fraction of sp³-hybridized carbons (Fsp3) is 0.105. The molecule has 0 fully saturated rings. The van der Waals surface area contributed by atoms with E-state index in [2.05, 4.69) is 20.6 Å². The Balaban J connectivity index is 1.62. The molecule has 0 spiro atoms. The van der Waals surface area contributed by atoms with Crippen LogP contribution in [0.4, 0.5) is 17.3 Å². The van der Waals surface area contributed by atoms with Crippen LogP contribution in [0, 0.1) is 0 Å². The number of amides is 1. The summed E-state index contributed by atoms with van der Waals surface area (Å²) in [6, 6.07) is 16.7. The summed E-state index contributed by atoms with van der Waals surface area (Å²) in [7, 11) is 0. The minimum absolute atomic E-state index is 0.251. The largest absolute Gasteiger partial charge is 0.494 e. The Morgan fingerprint density at radius 2 is 1.64 bits per heavy atom. The van der Waals surface area contributed by atoms with Crippen molar-refractivity contribution in [2.45, 2.75) is 6.92 Å². The Morgan fingerprint density at radius 1 is 0.960 bits per heavy atom. The number of aromatic nitrogens is 2. The van der Waals surface area contributed by atoms with Crippen molar-refractivity contribution in [1.82, 2.24) is 9.97 Å². The number of ether oxygens (including phenoxy) is 1. The van der Waals surface area contributed by atoms with Crippen LogP contribution in [-0.4, -0.2) is 22.5 Å². The molecule has 0 aliphatic rings. The first-order chi connectivity index (χ1) is 12.2.